The van der Waals surface area contributed by atoms with Crippen LogP contribution in [0, 0.1) is 0 Å². The fourth-order valence-corrected chi connectivity index (χ4v) is 4.66. The van der Waals surface area contributed by atoms with Crippen LogP contribution < -0.4 is 15.4 Å². The van der Waals surface area contributed by atoms with E-state index in [1.54, 1.807) is 7.11 Å². The second-order valence-electron chi connectivity index (χ2n) is 6.35. The number of hydrogen-bond acceptors (Lipinski definition) is 7. The van der Waals surface area contributed by atoms with Crippen molar-refractivity contribution in [1.29, 1.82) is 0 Å². The maximum atomic E-state index is 12.3. The van der Waals surface area contributed by atoms with Gasteiger partial charge in [-0.05, 0) is 24.5 Å². The van der Waals surface area contributed by atoms with Gasteiger partial charge in [0.2, 0.25) is 0 Å². The molecule has 1 aromatic heterocycles. The van der Waals surface area contributed by atoms with Gasteiger partial charge in [0, 0.05) is 18.7 Å². The number of para-hydroxylation sites is 1. The molecule has 9 heteroatoms. The maximum absolute atomic E-state index is 12.3. The minimum atomic E-state index is -2.98. The Morgan fingerprint density at radius 1 is 1.30 bits per heavy atom. The van der Waals surface area contributed by atoms with E-state index >= 15 is 0 Å². The van der Waals surface area contributed by atoms with Gasteiger partial charge in [-0.1, -0.05) is 18.2 Å². The highest BCUT2D eigenvalue weighted by molar-refractivity contribution is 7.91. The Kier molecular flexibility index (Phi) is 5.90. The van der Waals surface area contributed by atoms with Gasteiger partial charge in [0.05, 0.1) is 18.6 Å². The molecule has 0 saturated carbocycles. The molecule has 1 saturated heterocycles. The Bertz CT molecular complexity index is 917. The molecule has 144 valence electrons. The highest BCUT2D eigenvalue weighted by atomic mass is 32.2. The number of nitrogens with one attached hydrogen (secondary N) is 2. The molecule has 0 spiro atoms. The first-order valence-electron chi connectivity index (χ1n) is 8.66. The van der Waals surface area contributed by atoms with Gasteiger partial charge in [-0.3, -0.25) is 4.79 Å². The van der Waals surface area contributed by atoms with Crippen LogP contribution in [0.3, 0.4) is 0 Å². The van der Waals surface area contributed by atoms with Gasteiger partial charge in [0.15, 0.2) is 9.84 Å². The molecule has 1 aliphatic heterocycles. The van der Waals surface area contributed by atoms with E-state index in [2.05, 4.69) is 20.6 Å². The van der Waals surface area contributed by atoms with E-state index in [1.165, 1.54) is 12.4 Å². The average molecular weight is 390 g/mol. The second-order valence-corrected chi connectivity index (χ2v) is 8.58. The van der Waals surface area contributed by atoms with E-state index in [0.29, 0.717) is 25.2 Å². The number of benzene rings is 1. The normalized spacial score (nSPS) is 18.0. The summed E-state index contributed by atoms with van der Waals surface area (Å²) in [4.78, 5) is 20.4. The molecular formula is C18H22N4O4S. The Balaban J connectivity index is 1.55. The number of carbonyl (C=O) groups is 1. The first kappa shape index (κ1) is 19.1. The topological polar surface area (TPSA) is 110 Å². The zero-order valence-electron chi connectivity index (χ0n) is 15.0. The number of hydrogen-bond donors (Lipinski definition) is 2. The Labute approximate surface area is 158 Å². The van der Waals surface area contributed by atoms with Crippen LogP contribution in [0.4, 0.5) is 5.82 Å². The monoisotopic (exact) mass is 390 g/mol. The van der Waals surface area contributed by atoms with Gasteiger partial charge in [-0.15, -0.1) is 0 Å². The molecule has 1 unspecified atom stereocenters. The van der Waals surface area contributed by atoms with Crippen molar-refractivity contribution < 1.29 is 17.9 Å². The molecule has 1 atom stereocenters. The maximum Gasteiger partial charge on any atom is 0.270 e. The fourth-order valence-electron chi connectivity index (χ4n) is 2.99. The van der Waals surface area contributed by atoms with Crippen molar-refractivity contribution in [1.82, 2.24) is 15.3 Å². The summed E-state index contributed by atoms with van der Waals surface area (Å²) in [5.41, 5.74) is 1.24. The number of nitrogens with zero attached hydrogens (tertiary/aromatic N) is 2. The molecule has 2 heterocycles. The van der Waals surface area contributed by atoms with E-state index in [4.69, 9.17) is 4.74 Å². The summed E-state index contributed by atoms with van der Waals surface area (Å²) in [6.45, 7) is 0.437. The van der Waals surface area contributed by atoms with Gasteiger partial charge in [-0.2, -0.15) is 0 Å². The standard InChI is InChI=1S/C18H22N4O4S/c1-26-16-5-3-2-4-13(16)6-8-19-18(23)15-10-17(21-12-20-15)22-14-7-9-27(24,25)11-14/h2-5,10,12,14H,6-9,11H2,1H3,(H,19,23)(H,20,21,22). The molecule has 1 fully saturated rings. The summed E-state index contributed by atoms with van der Waals surface area (Å²) in [5.74, 6) is 1.17. The molecular weight excluding hydrogens is 368 g/mol. The van der Waals surface area contributed by atoms with Crippen molar-refractivity contribution in [2.45, 2.75) is 18.9 Å². The van der Waals surface area contributed by atoms with Gasteiger partial charge in [0.25, 0.3) is 5.91 Å². The van der Waals surface area contributed by atoms with Crippen molar-refractivity contribution >= 4 is 21.6 Å². The largest absolute Gasteiger partial charge is 0.496 e. The molecule has 1 amide bonds. The lowest BCUT2D eigenvalue weighted by molar-refractivity contribution is 0.0949. The fraction of sp³-hybridized carbons (Fsp3) is 0.389. The number of methoxy groups -OCH3 is 1. The number of rotatable bonds is 7. The van der Waals surface area contributed by atoms with Crippen molar-refractivity contribution in [2.24, 2.45) is 0 Å². The van der Waals surface area contributed by atoms with E-state index in [-0.39, 0.29) is 29.1 Å². The van der Waals surface area contributed by atoms with Gasteiger partial charge < -0.3 is 15.4 Å². The van der Waals surface area contributed by atoms with Crippen LogP contribution in [0.15, 0.2) is 36.7 Å². The quantitative estimate of drug-likeness (QED) is 0.727. The van der Waals surface area contributed by atoms with Crippen LogP contribution in [0.5, 0.6) is 5.75 Å². The highest BCUT2D eigenvalue weighted by Crippen LogP contribution is 2.18. The Hall–Kier alpha value is -2.68. The Morgan fingerprint density at radius 3 is 2.85 bits per heavy atom. The summed E-state index contributed by atoms with van der Waals surface area (Å²) >= 11 is 0. The van der Waals surface area contributed by atoms with Crippen LogP contribution in [0.1, 0.15) is 22.5 Å². The third-order valence-corrected chi connectivity index (χ3v) is 6.12. The van der Waals surface area contributed by atoms with E-state index in [1.807, 2.05) is 24.3 Å². The van der Waals surface area contributed by atoms with E-state index in [0.717, 1.165) is 11.3 Å². The second kappa shape index (κ2) is 8.34. The van der Waals surface area contributed by atoms with Crippen LogP contribution in [0.25, 0.3) is 0 Å². The van der Waals surface area contributed by atoms with Crippen molar-refractivity contribution in [3.8, 4) is 5.75 Å². The van der Waals surface area contributed by atoms with Gasteiger partial charge in [0.1, 0.15) is 23.6 Å². The van der Waals surface area contributed by atoms with E-state index in [9.17, 15) is 13.2 Å². The van der Waals surface area contributed by atoms with E-state index < -0.39 is 9.84 Å². The number of aromatic nitrogens is 2. The van der Waals surface area contributed by atoms with Crippen LogP contribution in [0.2, 0.25) is 0 Å². The molecule has 3 rings (SSSR count). The van der Waals surface area contributed by atoms with Crippen LogP contribution in [-0.4, -0.2) is 55.5 Å². The first-order chi connectivity index (χ1) is 13.0. The SMILES string of the molecule is COc1ccccc1CCNC(=O)c1cc(NC2CCS(=O)(=O)C2)ncn1. The minimum Gasteiger partial charge on any atom is -0.496 e. The summed E-state index contributed by atoms with van der Waals surface area (Å²) in [5, 5.41) is 5.89. The number of ether oxygens (including phenoxy) is 1. The smallest absolute Gasteiger partial charge is 0.270 e. The number of anilines is 1. The summed E-state index contributed by atoms with van der Waals surface area (Å²) < 4.78 is 28.4. The minimum absolute atomic E-state index is 0.0808. The molecule has 8 nitrogen and oxygen atoms in total. The van der Waals surface area contributed by atoms with Gasteiger partial charge in [-0.25, -0.2) is 18.4 Å². The predicted octanol–water partition coefficient (Wildman–Crippen LogP) is 1.06. The number of carbonyl (C=O) groups excluding carboxylic acids is 1. The van der Waals surface area contributed by atoms with Crippen molar-refractivity contribution in [3.63, 3.8) is 0 Å². The molecule has 1 aromatic carbocycles. The lowest BCUT2D eigenvalue weighted by Crippen LogP contribution is -2.27. The molecule has 0 radical (unpaired) electrons. The molecule has 1 aliphatic rings. The molecule has 2 N–H and O–H groups in total. The Morgan fingerprint density at radius 2 is 2.11 bits per heavy atom. The first-order valence-corrected chi connectivity index (χ1v) is 10.5. The molecule has 2 aromatic rings. The average Bonchev–Trinajstić information content (AvgIpc) is 3.00. The molecule has 0 bridgehead atoms. The van der Waals surface area contributed by atoms with Gasteiger partial charge >= 0.3 is 0 Å². The van der Waals surface area contributed by atoms with Crippen molar-refractivity contribution in [3.05, 3.63) is 47.9 Å². The number of amides is 1. The lowest BCUT2D eigenvalue weighted by atomic mass is 10.1. The lowest BCUT2D eigenvalue weighted by Gasteiger charge is -2.12. The molecule has 27 heavy (non-hydrogen) atoms. The molecule has 0 aliphatic carbocycles. The van der Waals surface area contributed by atoms with Crippen molar-refractivity contribution in [2.75, 3.05) is 30.5 Å². The summed E-state index contributed by atoms with van der Waals surface area (Å²) in [6.07, 6.45) is 2.46. The zero-order chi connectivity index (χ0) is 19.3. The third kappa shape index (κ3) is 5.16. The summed E-state index contributed by atoms with van der Waals surface area (Å²) in [6, 6.07) is 8.99. The van der Waals surface area contributed by atoms with Crippen LogP contribution in [-0.2, 0) is 16.3 Å². The third-order valence-electron chi connectivity index (χ3n) is 4.36. The van der Waals surface area contributed by atoms with Crippen LogP contribution >= 0.6 is 0 Å². The predicted molar refractivity (Wildman–Crippen MR) is 102 cm³/mol. The highest BCUT2D eigenvalue weighted by Gasteiger charge is 2.28. The summed E-state index contributed by atoms with van der Waals surface area (Å²) in [7, 11) is -1.37. The zero-order valence-corrected chi connectivity index (χ0v) is 15.8. The number of sulfone groups is 1.